The third-order valence-electron chi connectivity index (χ3n) is 17.1. The highest BCUT2D eigenvalue weighted by Crippen LogP contribution is 2.77. The molecule has 0 aromatic heterocycles. The summed E-state index contributed by atoms with van der Waals surface area (Å²) in [5, 5.41) is 9.59. The maximum atomic E-state index is 14.3. The number of esters is 2. The number of hydrogen-bond donors (Lipinski definition) is 1. The van der Waals surface area contributed by atoms with Crippen LogP contribution in [-0.2, 0) is 23.9 Å². The Kier molecular flexibility index (Phi) is 9.73. The zero-order chi connectivity index (χ0) is 37.6. The Labute approximate surface area is 305 Å². The van der Waals surface area contributed by atoms with E-state index in [4.69, 9.17) is 9.47 Å². The van der Waals surface area contributed by atoms with Gasteiger partial charge < -0.3 is 14.6 Å². The second-order valence-electron chi connectivity index (χ2n) is 20.4. The van der Waals surface area contributed by atoms with Gasteiger partial charge in [-0.1, -0.05) is 46.8 Å². The normalized spacial score (nSPS) is 43.1. The highest BCUT2D eigenvalue weighted by Gasteiger charge is 2.72. The number of aliphatic carboxylic acids is 1. The van der Waals surface area contributed by atoms with Gasteiger partial charge in [-0.15, -0.1) is 0 Å². The molecule has 6 nitrogen and oxygen atoms in total. The lowest BCUT2D eigenvalue weighted by Crippen LogP contribution is -2.67. The summed E-state index contributed by atoms with van der Waals surface area (Å²) in [7, 11) is 0. The van der Waals surface area contributed by atoms with Crippen LogP contribution < -0.4 is 0 Å². The van der Waals surface area contributed by atoms with Crippen LogP contribution in [0.25, 0.3) is 0 Å². The summed E-state index contributed by atoms with van der Waals surface area (Å²) < 4.78 is 40.0. The summed E-state index contributed by atoms with van der Waals surface area (Å²) >= 11 is 0. The van der Waals surface area contributed by atoms with E-state index < -0.39 is 28.7 Å². The number of carboxylic acid groups (broad SMARTS) is 1. The molecule has 6 aliphatic carbocycles. The average Bonchev–Trinajstić information content (AvgIpc) is 3.43. The Morgan fingerprint density at radius 3 is 2.10 bits per heavy atom. The number of hydrogen-bond acceptors (Lipinski definition) is 5. The summed E-state index contributed by atoms with van der Waals surface area (Å²) in [5.41, 5.74) is -0.586. The smallest absolute Gasteiger partial charge is 0.312 e. The lowest BCUT2D eigenvalue weighted by Gasteiger charge is -2.72. The molecule has 288 valence electrons. The van der Waals surface area contributed by atoms with Crippen LogP contribution in [0.1, 0.15) is 152 Å². The first-order valence-corrected chi connectivity index (χ1v) is 20.2. The summed E-state index contributed by atoms with van der Waals surface area (Å²) in [6.45, 7) is 22.1. The molecule has 51 heavy (non-hydrogen) atoms. The molecule has 6 saturated carbocycles. The van der Waals surface area contributed by atoms with Crippen LogP contribution in [0, 0.1) is 68.0 Å². The van der Waals surface area contributed by atoms with Gasteiger partial charge >= 0.3 is 17.9 Å². The van der Waals surface area contributed by atoms with Crippen LogP contribution in [0.2, 0.25) is 0 Å². The molecule has 0 aromatic carbocycles. The van der Waals surface area contributed by atoms with E-state index in [2.05, 4.69) is 48.1 Å². The largest absolute Gasteiger partial charge is 0.481 e. The van der Waals surface area contributed by atoms with Gasteiger partial charge in [0.2, 0.25) is 5.92 Å². The van der Waals surface area contributed by atoms with Gasteiger partial charge in [0.05, 0.1) is 23.9 Å². The standard InChI is InChI=1S/C43H66F2O6/c1-26(2)28-14-19-42(36(49)50-25-27-12-20-43(44,45)21-13-27)23-22-40(8)29(34(28)42)10-11-31-39(7)17-16-32(51-33(46)24-37(3,4)35(47)48)38(5,6)30(39)15-18-41(31,40)9/h27-32,34H,1,10-25H2,2-9H3,(H,47,48)/t28-,29+,30-,31+,32-,34+,39-,40+,41+,42-/m0/s1. The number of carboxylic acids is 1. The van der Waals surface area contributed by atoms with Crippen molar-refractivity contribution in [2.24, 2.45) is 68.0 Å². The van der Waals surface area contributed by atoms with Crippen molar-refractivity contribution in [2.75, 3.05) is 6.61 Å². The highest BCUT2D eigenvalue weighted by molar-refractivity contribution is 5.81. The highest BCUT2D eigenvalue weighted by atomic mass is 19.3. The molecule has 8 heteroatoms. The molecular formula is C43H66F2O6. The van der Waals surface area contributed by atoms with E-state index in [-0.39, 0.29) is 77.4 Å². The molecule has 0 amide bonds. The summed E-state index contributed by atoms with van der Waals surface area (Å²) in [5.74, 6) is -2.38. The molecule has 0 heterocycles. The minimum atomic E-state index is -2.59. The number of alkyl halides is 2. The topological polar surface area (TPSA) is 89.9 Å². The van der Waals surface area contributed by atoms with Gasteiger partial charge in [0.15, 0.2) is 0 Å². The molecule has 0 bridgehead atoms. The second-order valence-corrected chi connectivity index (χ2v) is 20.4. The molecular weight excluding hydrogens is 650 g/mol. The first-order valence-electron chi connectivity index (χ1n) is 20.2. The predicted octanol–water partition coefficient (Wildman–Crippen LogP) is 10.4. The van der Waals surface area contributed by atoms with E-state index in [1.807, 2.05) is 0 Å². The maximum Gasteiger partial charge on any atom is 0.312 e. The minimum Gasteiger partial charge on any atom is -0.481 e. The third-order valence-corrected chi connectivity index (χ3v) is 17.1. The molecule has 6 aliphatic rings. The van der Waals surface area contributed by atoms with Crippen LogP contribution in [0.15, 0.2) is 12.2 Å². The molecule has 0 unspecified atom stereocenters. The van der Waals surface area contributed by atoms with Gasteiger partial charge in [-0.05, 0) is 150 Å². The van der Waals surface area contributed by atoms with Gasteiger partial charge in [-0.25, -0.2) is 8.78 Å². The van der Waals surface area contributed by atoms with Crippen molar-refractivity contribution >= 4 is 17.9 Å². The van der Waals surface area contributed by atoms with Gasteiger partial charge in [0.1, 0.15) is 6.10 Å². The molecule has 10 atom stereocenters. The molecule has 6 fully saturated rings. The summed E-state index contributed by atoms with van der Waals surface area (Å²) in [4.78, 5) is 39.1. The van der Waals surface area contributed by atoms with Crippen molar-refractivity contribution in [1.29, 1.82) is 0 Å². The van der Waals surface area contributed by atoms with Crippen LogP contribution in [0.4, 0.5) is 8.78 Å². The van der Waals surface area contributed by atoms with Crippen LogP contribution in [0.3, 0.4) is 0 Å². The zero-order valence-electron chi connectivity index (χ0n) is 32.8. The number of halogens is 2. The molecule has 6 rings (SSSR count). The Morgan fingerprint density at radius 1 is 0.804 bits per heavy atom. The van der Waals surface area contributed by atoms with Gasteiger partial charge in [-0.3, -0.25) is 14.4 Å². The van der Waals surface area contributed by atoms with E-state index in [1.54, 1.807) is 13.8 Å². The van der Waals surface area contributed by atoms with Crippen molar-refractivity contribution in [1.82, 2.24) is 0 Å². The van der Waals surface area contributed by atoms with Crippen molar-refractivity contribution in [3.05, 3.63) is 12.2 Å². The first kappa shape index (κ1) is 38.7. The van der Waals surface area contributed by atoms with E-state index in [0.717, 1.165) is 69.8 Å². The van der Waals surface area contributed by atoms with Gasteiger partial charge in [0.25, 0.3) is 0 Å². The monoisotopic (exact) mass is 716 g/mol. The van der Waals surface area contributed by atoms with Crippen LogP contribution in [-0.4, -0.2) is 41.6 Å². The molecule has 0 aliphatic heterocycles. The fraction of sp³-hybridized carbons (Fsp3) is 0.884. The third kappa shape index (κ3) is 6.11. The molecule has 0 radical (unpaired) electrons. The predicted molar refractivity (Wildman–Crippen MR) is 193 cm³/mol. The molecule has 1 N–H and O–H groups in total. The van der Waals surface area contributed by atoms with Gasteiger partial charge in [0, 0.05) is 18.3 Å². The number of carbonyl (C=O) groups is 3. The van der Waals surface area contributed by atoms with E-state index in [0.29, 0.717) is 30.6 Å². The number of ether oxygens (including phenoxy) is 2. The van der Waals surface area contributed by atoms with E-state index >= 15 is 0 Å². The Hall–Kier alpha value is -1.99. The first-order chi connectivity index (χ1) is 23.5. The SMILES string of the molecule is C=C(C)[C@@H]1CC[C@]2(C(=O)OCC3CCC(F)(F)CC3)CC[C@]3(C)[C@H](CC[C@@H]4[C@@]5(C)CC[C@H](OC(=O)CC(C)(C)C(=O)O)C(C)(C)[C@@H]5CC[C@]43C)[C@@H]12. The Balaban J connectivity index is 1.22. The second kappa shape index (κ2) is 12.8. The number of rotatable bonds is 8. The Bertz CT molecular complexity index is 1410. The van der Waals surface area contributed by atoms with E-state index in [1.165, 1.54) is 0 Å². The van der Waals surface area contributed by atoms with Crippen molar-refractivity contribution in [3.63, 3.8) is 0 Å². The summed E-state index contributed by atoms with van der Waals surface area (Å²) in [6.07, 6.45) is 9.86. The van der Waals surface area contributed by atoms with Crippen LogP contribution >= 0.6 is 0 Å². The van der Waals surface area contributed by atoms with Crippen LogP contribution in [0.5, 0.6) is 0 Å². The fourth-order valence-corrected chi connectivity index (χ4v) is 13.9. The van der Waals surface area contributed by atoms with Crippen molar-refractivity contribution < 1.29 is 37.7 Å². The quantitative estimate of drug-likeness (QED) is 0.199. The zero-order valence-corrected chi connectivity index (χ0v) is 32.8. The fourth-order valence-electron chi connectivity index (χ4n) is 13.9. The lowest BCUT2D eigenvalue weighted by atomic mass is 9.32. The summed E-state index contributed by atoms with van der Waals surface area (Å²) in [6, 6.07) is 0. The maximum absolute atomic E-state index is 14.3. The van der Waals surface area contributed by atoms with Gasteiger partial charge in [-0.2, -0.15) is 0 Å². The minimum absolute atomic E-state index is 0.0142. The molecule has 0 spiro atoms. The Morgan fingerprint density at radius 2 is 1.47 bits per heavy atom. The molecule has 0 saturated heterocycles. The van der Waals surface area contributed by atoms with E-state index in [9.17, 15) is 28.3 Å². The average molecular weight is 717 g/mol. The lowest BCUT2D eigenvalue weighted by molar-refractivity contribution is -0.251. The molecule has 0 aromatic rings. The van der Waals surface area contributed by atoms with Crippen molar-refractivity contribution in [2.45, 2.75) is 164 Å². The number of allylic oxidation sites excluding steroid dienone is 1. The number of fused-ring (bicyclic) bond motifs is 7. The number of carbonyl (C=O) groups excluding carboxylic acids is 2. The van der Waals surface area contributed by atoms with Crippen molar-refractivity contribution in [3.8, 4) is 0 Å².